The molecule has 0 aliphatic carbocycles. The molecule has 1 saturated heterocycles. The van der Waals surface area contributed by atoms with Crippen molar-refractivity contribution in [2.75, 3.05) is 33.0 Å². The number of benzene rings is 1. The highest BCUT2D eigenvalue weighted by Crippen LogP contribution is 2.36. The van der Waals surface area contributed by atoms with Crippen LogP contribution in [0.25, 0.3) is 0 Å². The summed E-state index contributed by atoms with van der Waals surface area (Å²) in [5.74, 6) is 1.54. The fourth-order valence-electron chi connectivity index (χ4n) is 2.39. The van der Waals surface area contributed by atoms with E-state index in [1.54, 1.807) is 0 Å². The van der Waals surface area contributed by atoms with Crippen LogP contribution in [0.5, 0.6) is 11.5 Å². The molecule has 0 amide bonds. The molecule has 2 heterocycles. The van der Waals surface area contributed by atoms with E-state index in [1.807, 2.05) is 12.1 Å². The highest BCUT2D eigenvalue weighted by atomic mass is 79.9. The average molecular weight is 339 g/mol. The minimum atomic E-state index is -0.191. The van der Waals surface area contributed by atoms with Crippen LogP contribution in [0.1, 0.15) is 5.56 Å². The lowest BCUT2D eigenvalue weighted by Crippen LogP contribution is -2.44. The molecule has 0 N–H and O–H groups in total. The van der Waals surface area contributed by atoms with Gasteiger partial charge in [-0.1, -0.05) is 15.9 Å². The number of ether oxygens (including phenoxy) is 3. The van der Waals surface area contributed by atoms with Gasteiger partial charge < -0.3 is 14.2 Å². The van der Waals surface area contributed by atoms with Crippen molar-refractivity contribution < 1.29 is 14.2 Å². The molecule has 106 valence electrons. The van der Waals surface area contributed by atoms with Crippen molar-refractivity contribution >= 4 is 15.9 Å². The molecule has 0 saturated carbocycles. The molecule has 1 unspecified atom stereocenters. The minimum absolute atomic E-state index is 0.191. The van der Waals surface area contributed by atoms with Gasteiger partial charge in [0.25, 0.3) is 0 Å². The molecule has 0 aromatic heterocycles. The summed E-state index contributed by atoms with van der Waals surface area (Å²) in [5.41, 5.74) is 1.09. The molecule has 1 aromatic carbocycles. The Labute approximate surface area is 126 Å². The topological polar surface area (TPSA) is 54.7 Å². The van der Waals surface area contributed by atoms with Crippen LogP contribution in [0.2, 0.25) is 0 Å². The van der Waals surface area contributed by atoms with E-state index in [9.17, 15) is 5.26 Å². The molecule has 0 bridgehead atoms. The van der Waals surface area contributed by atoms with E-state index in [0.717, 1.165) is 28.1 Å². The monoisotopic (exact) mass is 338 g/mol. The summed E-state index contributed by atoms with van der Waals surface area (Å²) in [6.07, 6.45) is 0. The van der Waals surface area contributed by atoms with Crippen molar-refractivity contribution in [3.05, 3.63) is 22.2 Å². The van der Waals surface area contributed by atoms with Gasteiger partial charge in [-0.2, -0.15) is 5.26 Å². The van der Waals surface area contributed by atoms with Crippen molar-refractivity contribution in [1.29, 1.82) is 5.26 Å². The second-order valence-corrected chi connectivity index (χ2v) is 5.63. The van der Waals surface area contributed by atoms with E-state index in [4.69, 9.17) is 14.2 Å². The summed E-state index contributed by atoms with van der Waals surface area (Å²) >= 11 is 3.57. The molecule has 3 rings (SSSR count). The van der Waals surface area contributed by atoms with Crippen molar-refractivity contribution in [2.24, 2.45) is 0 Å². The summed E-state index contributed by atoms with van der Waals surface area (Å²) in [4.78, 5) is 2.12. The maximum Gasteiger partial charge on any atom is 0.162 e. The van der Waals surface area contributed by atoms with Gasteiger partial charge in [-0.25, -0.2) is 0 Å². The SMILES string of the molecule is N#CC1COCCN1Cc1cc2c(cc1Br)OCCO2. The number of hydrogen-bond acceptors (Lipinski definition) is 5. The quantitative estimate of drug-likeness (QED) is 0.824. The Morgan fingerprint density at radius 1 is 1.25 bits per heavy atom. The molecule has 0 spiro atoms. The van der Waals surface area contributed by atoms with Crippen LogP contribution in [-0.2, 0) is 11.3 Å². The number of nitrogens with zero attached hydrogens (tertiary/aromatic N) is 2. The maximum atomic E-state index is 9.17. The summed E-state index contributed by atoms with van der Waals surface area (Å²) in [7, 11) is 0. The lowest BCUT2D eigenvalue weighted by atomic mass is 10.1. The normalized spacial score (nSPS) is 22.3. The first kappa shape index (κ1) is 13.7. The number of halogens is 1. The molecular formula is C14H15BrN2O3. The predicted molar refractivity (Wildman–Crippen MR) is 75.8 cm³/mol. The molecular weight excluding hydrogens is 324 g/mol. The zero-order valence-electron chi connectivity index (χ0n) is 11.0. The minimum Gasteiger partial charge on any atom is -0.486 e. The highest BCUT2D eigenvalue weighted by molar-refractivity contribution is 9.10. The Hall–Kier alpha value is -1.29. The van der Waals surface area contributed by atoms with Crippen molar-refractivity contribution in [2.45, 2.75) is 12.6 Å². The van der Waals surface area contributed by atoms with Crippen LogP contribution < -0.4 is 9.47 Å². The van der Waals surface area contributed by atoms with Crippen LogP contribution in [0.4, 0.5) is 0 Å². The molecule has 1 atom stereocenters. The van der Waals surface area contributed by atoms with Crippen molar-refractivity contribution in [3.63, 3.8) is 0 Å². The summed E-state index contributed by atoms with van der Waals surface area (Å²) in [6.45, 7) is 3.75. The van der Waals surface area contributed by atoms with Gasteiger partial charge in [0, 0.05) is 17.6 Å². The molecule has 20 heavy (non-hydrogen) atoms. The lowest BCUT2D eigenvalue weighted by Gasteiger charge is -2.31. The number of morpholine rings is 1. The van der Waals surface area contributed by atoms with Crippen LogP contribution >= 0.6 is 15.9 Å². The third kappa shape index (κ3) is 2.75. The van der Waals surface area contributed by atoms with Gasteiger partial charge in [0.1, 0.15) is 19.3 Å². The van der Waals surface area contributed by atoms with Crippen molar-refractivity contribution in [1.82, 2.24) is 4.90 Å². The Bertz CT molecular complexity index is 544. The fraction of sp³-hybridized carbons (Fsp3) is 0.500. The summed E-state index contributed by atoms with van der Waals surface area (Å²) in [5, 5.41) is 9.17. The van der Waals surface area contributed by atoms with E-state index in [-0.39, 0.29) is 6.04 Å². The Balaban J connectivity index is 1.81. The zero-order valence-corrected chi connectivity index (χ0v) is 12.6. The molecule has 0 radical (unpaired) electrons. The first-order chi connectivity index (χ1) is 9.78. The Kier molecular flexibility index (Phi) is 4.10. The maximum absolute atomic E-state index is 9.17. The molecule has 2 aliphatic rings. The second kappa shape index (κ2) is 6.00. The Morgan fingerprint density at radius 3 is 2.75 bits per heavy atom. The van der Waals surface area contributed by atoms with Gasteiger partial charge in [0.2, 0.25) is 0 Å². The van der Waals surface area contributed by atoms with E-state index in [0.29, 0.717) is 33.0 Å². The van der Waals surface area contributed by atoms with Crippen LogP contribution in [0.15, 0.2) is 16.6 Å². The van der Waals surface area contributed by atoms with Crippen LogP contribution in [0, 0.1) is 11.3 Å². The summed E-state index contributed by atoms with van der Waals surface area (Å²) < 4.78 is 17.5. The van der Waals surface area contributed by atoms with Gasteiger partial charge in [0.15, 0.2) is 11.5 Å². The van der Waals surface area contributed by atoms with Gasteiger partial charge in [-0.3, -0.25) is 4.90 Å². The number of rotatable bonds is 2. The Morgan fingerprint density at radius 2 is 2.00 bits per heavy atom. The van der Waals surface area contributed by atoms with E-state index < -0.39 is 0 Å². The smallest absolute Gasteiger partial charge is 0.162 e. The van der Waals surface area contributed by atoms with Gasteiger partial charge >= 0.3 is 0 Å². The standard InChI is InChI=1S/C14H15BrN2O3/c15-12-6-14-13(19-3-4-20-14)5-10(12)8-17-1-2-18-9-11(17)7-16/h5-6,11H,1-4,8-9H2. The summed E-state index contributed by atoms with van der Waals surface area (Å²) in [6, 6.07) is 6.02. The van der Waals surface area contributed by atoms with E-state index in [1.165, 1.54) is 0 Å². The molecule has 6 heteroatoms. The van der Waals surface area contributed by atoms with E-state index >= 15 is 0 Å². The predicted octanol–water partition coefficient (Wildman–Crippen LogP) is 1.94. The third-order valence-corrected chi connectivity index (χ3v) is 4.21. The molecule has 2 aliphatic heterocycles. The fourth-order valence-corrected chi connectivity index (χ4v) is 2.84. The number of fused-ring (bicyclic) bond motifs is 1. The number of hydrogen-bond donors (Lipinski definition) is 0. The van der Waals surface area contributed by atoms with Gasteiger partial charge in [-0.05, 0) is 17.7 Å². The first-order valence-corrected chi connectivity index (χ1v) is 7.36. The van der Waals surface area contributed by atoms with Crippen LogP contribution in [-0.4, -0.2) is 43.9 Å². The molecule has 1 aromatic rings. The third-order valence-electron chi connectivity index (χ3n) is 3.47. The first-order valence-electron chi connectivity index (χ1n) is 6.57. The molecule has 1 fully saturated rings. The zero-order chi connectivity index (χ0) is 13.9. The van der Waals surface area contributed by atoms with E-state index in [2.05, 4.69) is 26.9 Å². The molecule has 5 nitrogen and oxygen atoms in total. The second-order valence-electron chi connectivity index (χ2n) is 4.78. The largest absolute Gasteiger partial charge is 0.486 e. The van der Waals surface area contributed by atoms with Gasteiger partial charge in [-0.15, -0.1) is 0 Å². The van der Waals surface area contributed by atoms with Crippen molar-refractivity contribution in [3.8, 4) is 17.6 Å². The average Bonchev–Trinajstić information content (AvgIpc) is 2.48. The number of nitriles is 1. The van der Waals surface area contributed by atoms with Crippen LogP contribution in [0.3, 0.4) is 0 Å². The lowest BCUT2D eigenvalue weighted by molar-refractivity contribution is 0.00874. The highest BCUT2D eigenvalue weighted by Gasteiger charge is 2.24. The van der Waals surface area contributed by atoms with Gasteiger partial charge in [0.05, 0.1) is 19.3 Å².